The monoisotopic (exact) mass is 421 g/mol. The molecule has 1 aliphatic heterocycles. The fourth-order valence-electron chi connectivity index (χ4n) is 3.38. The minimum atomic E-state index is 0.646. The molecular weight excluding hydrogens is 382 g/mol. The van der Waals surface area contributed by atoms with Crippen molar-refractivity contribution in [3.63, 3.8) is 0 Å². The summed E-state index contributed by atoms with van der Waals surface area (Å²) in [6.07, 6.45) is 2.05. The van der Waals surface area contributed by atoms with Gasteiger partial charge in [0.15, 0.2) is 5.96 Å². The zero-order valence-electron chi connectivity index (χ0n) is 18.9. The first-order chi connectivity index (χ1) is 14.8. The number of anilines is 1. The quantitative estimate of drug-likeness (QED) is 0.284. The molecule has 2 rings (SSSR count). The smallest absolute Gasteiger partial charge is 0.190 e. The van der Waals surface area contributed by atoms with Crippen LogP contribution in [0, 0.1) is 0 Å². The molecule has 2 N–H and O–H groups in total. The molecule has 1 aromatic carbocycles. The molecule has 170 valence electrons. The number of methoxy groups -OCH3 is 2. The summed E-state index contributed by atoms with van der Waals surface area (Å²) in [4.78, 5) is 9.26. The number of rotatable bonds is 13. The second-order valence-electron chi connectivity index (χ2n) is 7.26. The van der Waals surface area contributed by atoms with Gasteiger partial charge in [0.05, 0.1) is 20.3 Å². The van der Waals surface area contributed by atoms with Crippen molar-refractivity contribution < 1.29 is 14.2 Å². The number of ether oxygens (including phenoxy) is 3. The zero-order chi connectivity index (χ0) is 21.4. The van der Waals surface area contributed by atoms with Crippen LogP contribution in [0.5, 0.6) is 5.75 Å². The van der Waals surface area contributed by atoms with E-state index >= 15 is 0 Å². The van der Waals surface area contributed by atoms with Gasteiger partial charge in [0.1, 0.15) is 5.75 Å². The third-order valence-corrected chi connectivity index (χ3v) is 5.17. The molecule has 8 heteroatoms. The van der Waals surface area contributed by atoms with Crippen molar-refractivity contribution in [1.82, 2.24) is 15.5 Å². The summed E-state index contributed by atoms with van der Waals surface area (Å²) < 4.78 is 15.7. The molecule has 0 aliphatic carbocycles. The van der Waals surface area contributed by atoms with Gasteiger partial charge < -0.3 is 29.7 Å². The average molecular weight is 422 g/mol. The van der Waals surface area contributed by atoms with E-state index in [9.17, 15) is 0 Å². The zero-order valence-corrected chi connectivity index (χ0v) is 18.9. The van der Waals surface area contributed by atoms with Crippen LogP contribution in [0.25, 0.3) is 0 Å². The molecular formula is C22H39N5O3. The minimum absolute atomic E-state index is 0.646. The molecule has 1 fully saturated rings. The lowest BCUT2D eigenvalue weighted by Crippen LogP contribution is -2.47. The highest BCUT2D eigenvalue weighted by atomic mass is 16.5. The van der Waals surface area contributed by atoms with Crippen LogP contribution in [0.15, 0.2) is 29.3 Å². The lowest BCUT2D eigenvalue weighted by Gasteiger charge is -2.36. The average Bonchev–Trinajstić information content (AvgIpc) is 2.80. The topological polar surface area (TPSA) is 70.6 Å². The van der Waals surface area contributed by atoms with Crippen LogP contribution in [0.2, 0.25) is 0 Å². The maximum absolute atomic E-state index is 5.46. The van der Waals surface area contributed by atoms with Crippen LogP contribution in [-0.4, -0.2) is 97.8 Å². The maximum Gasteiger partial charge on any atom is 0.190 e. The lowest BCUT2D eigenvalue weighted by atomic mass is 10.2. The first-order valence-electron chi connectivity index (χ1n) is 10.9. The number of nitrogens with one attached hydrogen (secondary N) is 2. The van der Waals surface area contributed by atoms with Gasteiger partial charge in [0.25, 0.3) is 0 Å². The van der Waals surface area contributed by atoms with Gasteiger partial charge in [-0.05, 0) is 43.7 Å². The Morgan fingerprint density at radius 1 is 0.933 bits per heavy atom. The molecule has 0 radical (unpaired) electrons. The number of benzene rings is 1. The molecule has 1 aromatic rings. The molecule has 30 heavy (non-hydrogen) atoms. The lowest BCUT2D eigenvalue weighted by molar-refractivity contribution is 0.0698. The minimum Gasteiger partial charge on any atom is -0.497 e. The molecule has 1 aliphatic rings. The van der Waals surface area contributed by atoms with E-state index in [1.165, 1.54) is 5.69 Å². The van der Waals surface area contributed by atoms with Crippen LogP contribution >= 0.6 is 0 Å². The van der Waals surface area contributed by atoms with Gasteiger partial charge in [0.2, 0.25) is 0 Å². The number of guanidine groups is 1. The molecule has 0 atom stereocenters. The Kier molecular flexibility index (Phi) is 12.0. The van der Waals surface area contributed by atoms with E-state index in [1.807, 2.05) is 19.2 Å². The summed E-state index contributed by atoms with van der Waals surface area (Å²) in [5, 5.41) is 6.72. The summed E-state index contributed by atoms with van der Waals surface area (Å²) in [7, 11) is 5.20. The Labute approximate surface area is 181 Å². The summed E-state index contributed by atoms with van der Waals surface area (Å²) in [6, 6.07) is 8.34. The predicted octanol–water partition coefficient (Wildman–Crippen LogP) is 1.43. The van der Waals surface area contributed by atoms with E-state index in [4.69, 9.17) is 14.2 Å². The number of hydrogen-bond donors (Lipinski definition) is 2. The van der Waals surface area contributed by atoms with Gasteiger partial charge in [-0.15, -0.1) is 0 Å². The van der Waals surface area contributed by atoms with Crippen LogP contribution in [-0.2, 0) is 9.47 Å². The van der Waals surface area contributed by atoms with E-state index in [0.717, 1.165) is 77.0 Å². The summed E-state index contributed by atoms with van der Waals surface area (Å²) in [5.41, 5.74) is 1.27. The van der Waals surface area contributed by atoms with Gasteiger partial charge in [-0.2, -0.15) is 0 Å². The summed E-state index contributed by atoms with van der Waals surface area (Å²) in [6.45, 7) is 9.23. The van der Waals surface area contributed by atoms with E-state index in [0.29, 0.717) is 13.2 Å². The van der Waals surface area contributed by atoms with Gasteiger partial charge in [0, 0.05) is 65.7 Å². The molecule has 8 nitrogen and oxygen atoms in total. The maximum atomic E-state index is 5.46. The van der Waals surface area contributed by atoms with Crippen molar-refractivity contribution in [1.29, 1.82) is 0 Å². The molecule has 0 bridgehead atoms. The van der Waals surface area contributed by atoms with Crippen molar-refractivity contribution in [3.8, 4) is 5.75 Å². The third kappa shape index (κ3) is 9.19. The normalized spacial score (nSPS) is 15.3. The van der Waals surface area contributed by atoms with Crippen molar-refractivity contribution in [2.24, 2.45) is 4.99 Å². The van der Waals surface area contributed by atoms with Gasteiger partial charge in [-0.3, -0.25) is 9.89 Å². The van der Waals surface area contributed by atoms with E-state index in [-0.39, 0.29) is 0 Å². The number of hydrogen-bond acceptors (Lipinski definition) is 6. The Balaban J connectivity index is 1.52. The van der Waals surface area contributed by atoms with Crippen LogP contribution in [0.3, 0.4) is 0 Å². The van der Waals surface area contributed by atoms with E-state index in [1.54, 1.807) is 14.2 Å². The first-order valence-corrected chi connectivity index (χ1v) is 10.9. The van der Waals surface area contributed by atoms with Gasteiger partial charge in [-0.1, -0.05) is 0 Å². The highest BCUT2D eigenvalue weighted by Gasteiger charge is 2.16. The fraction of sp³-hybridized carbons (Fsp3) is 0.682. The number of aliphatic imine (C=N–C) groups is 1. The standard InChI is InChI=1S/C22H39N5O3/c1-23-22(25-11-5-17-30-19-18-28-2)24-10-4-12-26-13-15-27(16-14-26)20-6-8-21(29-3)9-7-20/h6-9H,4-5,10-19H2,1-3H3,(H2,23,24,25). The SMILES string of the molecule is CN=C(NCCCOCCOC)NCCCN1CCN(c2ccc(OC)cc2)CC1. The highest BCUT2D eigenvalue weighted by Crippen LogP contribution is 2.20. The predicted molar refractivity (Wildman–Crippen MR) is 123 cm³/mol. The molecule has 0 unspecified atom stereocenters. The van der Waals surface area contributed by atoms with Crippen LogP contribution < -0.4 is 20.3 Å². The first kappa shape index (κ1) is 24.2. The number of piperazine rings is 1. The van der Waals surface area contributed by atoms with Crippen LogP contribution in [0.1, 0.15) is 12.8 Å². The molecule has 0 amide bonds. The van der Waals surface area contributed by atoms with Crippen LogP contribution in [0.4, 0.5) is 5.69 Å². The van der Waals surface area contributed by atoms with Gasteiger partial charge in [-0.25, -0.2) is 0 Å². The Hall–Kier alpha value is -2.03. The highest BCUT2D eigenvalue weighted by molar-refractivity contribution is 5.79. The van der Waals surface area contributed by atoms with Crippen molar-refractivity contribution in [2.45, 2.75) is 12.8 Å². The summed E-state index contributed by atoms with van der Waals surface area (Å²) in [5.74, 6) is 1.76. The molecule has 1 heterocycles. The molecule has 0 spiro atoms. The fourth-order valence-corrected chi connectivity index (χ4v) is 3.38. The Morgan fingerprint density at radius 3 is 2.27 bits per heavy atom. The Morgan fingerprint density at radius 2 is 1.63 bits per heavy atom. The summed E-state index contributed by atoms with van der Waals surface area (Å²) >= 11 is 0. The second kappa shape index (κ2) is 14.9. The molecule has 0 saturated carbocycles. The third-order valence-electron chi connectivity index (χ3n) is 5.17. The van der Waals surface area contributed by atoms with Crippen molar-refractivity contribution in [3.05, 3.63) is 24.3 Å². The van der Waals surface area contributed by atoms with Crippen molar-refractivity contribution >= 4 is 11.6 Å². The van der Waals surface area contributed by atoms with Crippen molar-refractivity contribution in [2.75, 3.05) is 91.8 Å². The number of nitrogens with zero attached hydrogens (tertiary/aromatic N) is 3. The largest absolute Gasteiger partial charge is 0.497 e. The van der Waals surface area contributed by atoms with E-state index < -0.39 is 0 Å². The molecule has 0 aromatic heterocycles. The van der Waals surface area contributed by atoms with E-state index in [2.05, 4.69) is 37.6 Å². The molecule has 1 saturated heterocycles. The second-order valence-corrected chi connectivity index (χ2v) is 7.26. The van der Waals surface area contributed by atoms with Gasteiger partial charge >= 0.3 is 0 Å². The Bertz CT molecular complexity index is 589.